The number of rotatable bonds is 2. The lowest BCUT2D eigenvalue weighted by Crippen LogP contribution is -2.39. The van der Waals surface area contributed by atoms with E-state index in [0.717, 1.165) is 25.3 Å². The van der Waals surface area contributed by atoms with Gasteiger partial charge in [0.05, 0.1) is 12.8 Å². The first-order valence-electron chi connectivity index (χ1n) is 6.12. The first-order valence-corrected chi connectivity index (χ1v) is 6.12. The van der Waals surface area contributed by atoms with Crippen molar-refractivity contribution in [1.82, 2.24) is 4.98 Å². The molecule has 1 saturated heterocycles. The summed E-state index contributed by atoms with van der Waals surface area (Å²) in [5.41, 5.74) is 0.576. The van der Waals surface area contributed by atoms with Crippen LogP contribution in [0.2, 0.25) is 0 Å². The van der Waals surface area contributed by atoms with Crippen LogP contribution in [-0.4, -0.2) is 23.2 Å². The monoisotopic (exact) mass is 238 g/mol. The van der Waals surface area contributed by atoms with Crippen LogP contribution < -0.4 is 4.90 Å². The Morgan fingerprint density at radius 3 is 2.88 bits per heavy atom. The second kappa shape index (κ2) is 5.00. The summed E-state index contributed by atoms with van der Waals surface area (Å²) in [5, 5.41) is 9.26. The van der Waals surface area contributed by atoms with Crippen molar-refractivity contribution in [2.24, 2.45) is 11.8 Å². The topological polar surface area (TPSA) is 36.4 Å². The molecule has 0 amide bonds. The zero-order chi connectivity index (χ0) is 12.4. The maximum atomic E-state index is 13.0. The second-order valence-electron chi connectivity index (χ2n) is 4.98. The summed E-state index contributed by atoms with van der Waals surface area (Å²) < 4.78 is 13.0. The van der Waals surface area contributed by atoms with Gasteiger partial charge >= 0.3 is 0 Å². The van der Waals surface area contributed by atoms with Gasteiger partial charge in [0.15, 0.2) is 0 Å². The number of aromatic nitrogens is 1. The van der Waals surface area contributed by atoms with Gasteiger partial charge in [0.2, 0.25) is 0 Å². The Morgan fingerprint density at radius 2 is 2.24 bits per heavy atom. The Kier molecular flexibility index (Phi) is 3.62. The zero-order valence-corrected chi connectivity index (χ0v) is 10.4. The summed E-state index contributed by atoms with van der Waals surface area (Å²) in [5.74, 6) is 1.65. The van der Waals surface area contributed by atoms with Gasteiger partial charge in [0, 0.05) is 18.7 Å². The normalized spacial score (nSPS) is 25.1. The third-order valence-corrected chi connectivity index (χ3v) is 3.71. The van der Waals surface area contributed by atoms with Crippen molar-refractivity contribution >= 4 is 5.82 Å². The lowest BCUT2D eigenvalue weighted by Gasteiger charge is -2.36. The molecule has 0 saturated carbocycles. The lowest BCUT2D eigenvalue weighted by molar-refractivity contribution is 0.278. The molecular formula is C13H19FN2O. The fraction of sp³-hybridized carbons (Fsp3) is 0.615. The average Bonchev–Trinajstić information content (AvgIpc) is 2.32. The van der Waals surface area contributed by atoms with Gasteiger partial charge in [-0.2, -0.15) is 0 Å². The van der Waals surface area contributed by atoms with Crippen LogP contribution in [0.15, 0.2) is 12.3 Å². The maximum Gasteiger partial charge on any atom is 0.142 e. The molecule has 0 radical (unpaired) electrons. The van der Waals surface area contributed by atoms with E-state index in [1.54, 1.807) is 0 Å². The SMILES string of the molecule is CC1CCN(c2ncc(F)cc2CO)CC1C. The highest BCUT2D eigenvalue weighted by atomic mass is 19.1. The maximum absolute atomic E-state index is 13.0. The third-order valence-electron chi connectivity index (χ3n) is 3.71. The van der Waals surface area contributed by atoms with Crippen LogP contribution in [0.4, 0.5) is 10.2 Å². The molecule has 1 aliphatic rings. The molecule has 1 aliphatic heterocycles. The smallest absolute Gasteiger partial charge is 0.142 e. The zero-order valence-electron chi connectivity index (χ0n) is 10.4. The molecule has 2 heterocycles. The van der Waals surface area contributed by atoms with E-state index in [1.807, 2.05) is 0 Å². The predicted octanol–water partition coefficient (Wildman–Crippen LogP) is 2.20. The van der Waals surface area contributed by atoms with E-state index in [1.165, 1.54) is 12.3 Å². The Hall–Kier alpha value is -1.16. The summed E-state index contributed by atoms with van der Waals surface area (Å²) in [6.07, 6.45) is 2.34. The predicted molar refractivity (Wildman–Crippen MR) is 65.3 cm³/mol. The van der Waals surface area contributed by atoms with Crippen molar-refractivity contribution in [3.63, 3.8) is 0 Å². The molecule has 2 rings (SSSR count). The Labute approximate surface area is 101 Å². The van der Waals surface area contributed by atoms with E-state index in [2.05, 4.69) is 23.7 Å². The van der Waals surface area contributed by atoms with Gasteiger partial charge in [-0.1, -0.05) is 13.8 Å². The number of piperidine rings is 1. The first kappa shape index (κ1) is 12.3. The number of nitrogens with zero attached hydrogens (tertiary/aromatic N) is 2. The molecular weight excluding hydrogens is 219 g/mol. The minimum absolute atomic E-state index is 0.166. The van der Waals surface area contributed by atoms with Gasteiger partial charge in [-0.3, -0.25) is 0 Å². The summed E-state index contributed by atoms with van der Waals surface area (Å²) in [6.45, 7) is 6.16. The molecule has 1 fully saturated rings. The van der Waals surface area contributed by atoms with Gasteiger partial charge in [-0.05, 0) is 24.3 Å². The first-order chi connectivity index (χ1) is 8.11. The van der Waals surface area contributed by atoms with Crippen molar-refractivity contribution in [2.45, 2.75) is 26.9 Å². The van der Waals surface area contributed by atoms with E-state index in [9.17, 15) is 9.50 Å². The van der Waals surface area contributed by atoms with Crippen molar-refractivity contribution < 1.29 is 9.50 Å². The summed E-state index contributed by atoms with van der Waals surface area (Å²) >= 11 is 0. The largest absolute Gasteiger partial charge is 0.392 e. The lowest BCUT2D eigenvalue weighted by atomic mass is 9.88. The number of pyridine rings is 1. The van der Waals surface area contributed by atoms with E-state index in [0.29, 0.717) is 17.4 Å². The van der Waals surface area contributed by atoms with Crippen LogP contribution in [0.5, 0.6) is 0 Å². The van der Waals surface area contributed by atoms with Crippen LogP contribution in [0.1, 0.15) is 25.8 Å². The third kappa shape index (κ3) is 2.57. The van der Waals surface area contributed by atoms with Crippen LogP contribution in [-0.2, 0) is 6.61 Å². The number of halogens is 1. The van der Waals surface area contributed by atoms with Crippen molar-refractivity contribution in [3.05, 3.63) is 23.6 Å². The summed E-state index contributed by atoms with van der Waals surface area (Å²) in [6, 6.07) is 1.37. The van der Waals surface area contributed by atoms with Gasteiger partial charge in [0.25, 0.3) is 0 Å². The number of aliphatic hydroxyl groups is 1. The fourth-order valence-corrected chi connectivity index (χ4v) is 2.33. The van der Waals surface area contributed by atoms with Crippen molar-refractivity contribution in [1.29, 1.82) is 0 Å². The van der Waals surface area contributed by atoms with Crippen LogP contribution in [0.25, 0.3) is 0 Å². The fourth-order valence-electron chi connectivity index (χ4n) is 2.33. The minimum Gasteiger partial charge on any atom is -0.392 e. The van der Waals surface area contributed by atoms with Crippen LogP contribution >= 0.6 is 0 Å². The molecule has 0 spiro atoms. The van der Waals surface area contributed by atoms with Gasteiger partial charge in [-0.15, -0.1) is 0 Å². The van der Waals surface area contributed by atoms with E-state index < -0.39 is 5.82 Å². The Morgan fingerprint density at radius 1 is 1.47 bits per heavy atom. The number of anilines is 1. The molecule has 2 atom stereocenters. The van der Waals surface area contributed by atoms with Gasteiger partial charge < -0.3 is 10.0 Å². The molecule has 1 N–H and O–H groups in total. The molecule has 1 aromatic heterocycles. The molecule has 0 bridgehead atoms. The molecule has 4 heteroatoms. The highest BCUT2D eigenvalue weighted by molar-refractivity contribution is 5.47. The van der Waals surface area contributed by atoms with E-state index >= 15 is 0 Å². The molecule has 2 unspecified atom stereocenters. The Balaban J connectivity index is 2.22. The molecule has 0 aliphatic carbocycles. The molecule has 1 aromatic rings. The van der Waals surface area contributed by atoms with Gasteiger partial charge in [-0.25, -0.2) is 9.37 Å². The number of aliphatic hydroxyl groups excluding tert-OH is 1. The molecule has 94 valence electrons. The van der Waals surface area contributed by atoms with Gasteiger partial charge in [0.1, 0.15) is 11.6 Å². The number of hydrogen-bond donors (Lipinski definition) is 1. The average molecular weight is 238 g/mol. The highest BCUT2D eigenvalue weighted by Crippen LogP contribution is 2.28. The van der Waals surface area contributed by atoms with Crippen LogP contribution in [0, 0.1) is 17.7 Å². The van der Waals surface area contributed by atoms with Crippen LogP contribution in [0.3, 0.4) is 0 Å². The quantitative estimate of drug-likeness (QED) is 0.858. The second-order valence-corrected chi connectivity index (χ2v) is 4.98. The molecule has 17 heavy (non-hydrogen) atoms. The highest BCUT2D eigenvalue weighted by Gasteiger charge is 2.24. The van der Waals surface area contributed by atoms with Crippen molar-refractivity contribution in [3.8, 4) is 0 Å². The number of hydrogen-bond acceptors (Lipinski definition) is 3. The standard InChI is InChI=1S/C13H19FN2O/c1-9-3-4-16(7-10(9)2)13-11(8-17)5-12(14)6-15-13/h5-6,9-10,17H,3-4,7-8H2,1-2H3. The Bertz CT molecular complexity index is 397. The minimum atomic E-state index is -0.392. The van der Waals surface area contributed by atoms with E-state index in [4.69, 9.17) is 0 Å². The van der Waals surface area contributed by atoms with E-state index in [-0.39, 0.29) is 6.61 Å². The summed E-state index contributed by atoms with van der Waals surface area (Å²) in [7, 11) is 0. The molecule has 3 nitrogen and oxygen atoms in total. The summed E-state index contributed by atoms with van der Waals surface area (Å²) in [4.78, 5) is 6.27. The van der Waals surface area contributed by atoms with Crippen molar-refractivity contribution in [2.75, 3.05) is 18.0 Å². The molecule has 0 aromatic carbocycles.